The number of nitrogens with zero attached hydrogens (tertiary/aromatic N) is 2. The van der Waals surface area contributed by atoms with Crippen LogP contribution in [0.2, 0.25) is 19.6 Å². The molecule has 0 spiro atoms. The number of alkyl halides is 3. The van der Waals surface area contributed by atoms with Crippen LogP contribution in [0.5, 0.6) is 0 Å². The van der Waals surface area contributed by atoms with Crippen molar-refractivity contribution in [2.45, 2.75) is 38.6 Å². The van der Waals surface area contributed by atoms with Crippen LogP contribution in [0.15, 0.2) is 72.8 Å². The smallest absolute Gasteiger partial charge is 0.362 e. The number of aromatic nitrogens is 3. The van der Waals surface area contributed by atoms with E-state index in [1.807, 2.05) is 19.1 Å². The van der Waals surface area contributed by atoms with Gasteiger partial charge < -0.3 is 10.1 Å². The number of aromatic amines is 1. The standard InChI is InChI=1S/C28H29F3N4O2Si/c1-5-37-27(38(2,3)4)33-26(36)25-32-24(34-35-25)19-12-10-11-18(17-19)20-13-6-7-14-21(20)22-15-8-9-16-23(22)28(29,30)31/h6-17,27H,5H2,1-4H3,(H,33,36)(H,32,34,35). The van der Waals surface area contributed by atoms with Gasteiger partial charge >= 0.3 is 6.18 Å². The molecule has 0 fully saturated rings. The molecule has 1 unspecified atom stereocenters. The van der Waals surface area contributed by atoms with Gasteiger partial charge in [0.1, 0.15) is 13.9 Å². The van der Waals surface area contributed by atoms with E-state index in [1.54, 1.807) is 42.5 Å². The third-order valence-electron chi connectivity index (χ3n) is 5.97. The van der Waals surface area contributed by atoms with Gasteiger partial charge in [-0.3, -0.25) is 9.89 Å². The fourth-order valence-corrected chi connectivity index (χ4v) is 5.35. The summed E-state index contributed by atoms with van der Waals surface area (Å²) in [5.41, 5.74) is 1.85. The summed E-state index contributed by atoms with van der Waals surface area (Å²) in [5.74, 6) is -0.487. The number of amides is 1. The number of H-pyrrole nitrogens is 1. The Kier molecular flexibility index (Phi) is 7.84. The van der Waals surface area contributed by atoms with E-state index in [0.29, 0.717) is 34.7 Å². The second kappa shape index (κ2) is 10.9. The minimum absolute atomic E-state index is 0.0205. The first-order valence-corrected chi connectivity index (χ1v) is 15.8. The Morgan fingerprint density at radius 2 is 1.58 bits per heavy atom. The SMILES string of the molecule is CCOC(NC(=O)c1n[nH]c(-c2cccc(-c3ccccc3-c3ccccc3C(F)(F)F)c2)n1)[Si](C)(C)C. The molecule has 0 bridgehead atoms. The Labute approximate surface area is 220 Å². The van der Waals surface area contributed by atoms with Gasteiger partial charge in [-0.2, -0.15) is 13.2 Å². The first-order chi connectivity index (χ1) is 18.0. The van der Waals surface area contributed by atoms with Gasteiger partial charge in [0.15, 0.2) is 5.82 Å². The summed E-state index contributed by atoms with van der Waals surface area (Å²) in [6.07, 6.45) is -4.49. The van der Waals surface area contributed by atoms with Crippen LogP contribution in [0.4, 0.5) is 13.2 Å². The molecule has 4 rings (SSSR count). The Balaban J connectivity index is 1.66. The van der Waals surface area contributed by atoms with Crippen molar-refractivity contribution in [1.82, 2.24) is 20.5 Å². The summed E-state index contributed by atoms with van der Waals surface area (Å²) in [4.78, 5) is 17.2. The second-order valence-electron chi connectivity index (χ2n) is 9.85. The maximum absolute atomic E-state index is 13.8. The number of hydrogen-bond donors (Lipinski definition) is 2. The molecular formula is C28H29F3N4O2Si. The number of hydrogen-bond acceptors (Lipinski definition) is 4. The van der Waals surface area contributed by atoms with Crippen LogP contribution in [0.3, 0.4) is 0 Å². The van der Waals surface area contributed by atoms with Gasteiger partial charge in [0.05, 0.1) is 5.56 Å². The van der Waals surface area contributed by atoms with Gasteiger partial charge in [-0.1, -0.05) is 80.3 Å². The third-order valence-corrected chi connectivity index (χ3v) is 7.85. The molecule has 1 atom stereocenters. The molecule has 1 aromatic heterocycles. The zero-order valence-corrected chi connectivity index (χ0v) is 22.6. The molecule has 0 aliphatic carbocycles. The fourth-order valence-electron chi connectivity index (χ4n) is 4.12. The molecule has 0 radical (unpaired) electrons. The van der Waals surface area contributed by atoms with Gasteiger partial charge in [-0.05, 0) is 41.3 Å². The van der Waals surface area contributed by atoms with Crippen molar-refractivity contribution in [2.24, 2.45) is 0 Å². The molecule has 38 heavy (non-hydrogen) atoms. The van der Waals surface area contributed by atoms with Crippen LogP contribution in [-0.2, 0) is 10.9 Å². The first-order valence-electron chi connectivity index (χ1n) is 12.2. The van der Waals surface area contributed by atoms with E-state index in [4.69, 9.17) is 4.74 Å². The molecule has 2 N–H and O–H groups in total. The maximum atomic E-state index is 13.8. The Hall–Kier alpha value is -3.76. The van der Waals surface area contributed by atoms with Crippen molar-refractivity contribution < 1.29 is 22.7 Å². The molecule has 3 aromatic carbocycles. The first kappa shape index (κ1) is 27.3. The van der Waals surface area contributed by atoms with Gasteiger partial charge in [0.25, 0.3) is 5.91 Å². The molecule has 6 nitrogen and oxygen atoms in total. The summed E-state index contributed by atoms with van der Waals surface area (Å²) in [5, 5.41) is 9.76. The summed E-state index contributed by atoms with van der Waals surface area (Å²) in [6.45, 7) is 8.61. The quantitative estimate of drug-likeness (QED) is 0.191. The number of benzene rings is 3. The highest BCUT2D eigenvalue weighted by Gasteiger charge is 2.34. The van der Waals surface area contributed by atoms with Crippen LogP contribution in [0.1, 0.15) is 23.1 Å². The lowest BCUT2D eigenvalue weighted by atomic mass is 9.91. The number of halogens is 3. The Bertz CT molecular complexity index is 1430. The van der Waals surface area contributed by atoms with Crippen molar-refractivity contribution in [3.8, 4) is 33.6 Å². The van der Waals surface area contributed by atoms with Crippen LogP contribution in [0, 0.1) is 0 Å². The highest BCUT2D eigenvalue weighted by atomic mass is 28.3. The van der Waals surface area contributed by atoms with Crippen molar-refractivity contribution in [3.63, 3.8) is 0 Å². The highest BCUT2D eigenvalue weighted by molar-refractivity contribution is 6.77. The van der Waals surface area contributed by atoms with Crippen LogP contribution in [0.25, 0.3) is 33.6 Å². The number of carbonyl (C=O) groups is 1. The number of nitrogens with one attached hydrogen (secondary N) is 2. The van der Waals surface area contributed by atoms with E-state index >= 15 is 0 Å². The van der Waals surface area contributed by atoms with Gasteiger partial charge in [0, 0.05) is 12.2 Å². The van der Waals surface area contributed by atoms with Gasteiger partial charge in [-0.15, -0.1) is 5.10 Å². The molecule has 198 valence electrons. The van der Waals surface area contributed by atoms with Gasteiger partial charge in [0.2, 0.25) is 5.82 Å². The van der Waals surface area contributed by atoms with Crippen molar-refractivity contribution in [2.75, 3.05) is 6.61 Å². The predicted octanol–water partition coefficient (Wildman–Crippen LogP) is 6.79. The molecule has 1 heterocycles. The van der Waals surface area contributed by atoms with Crippen molar-refractivity contribution in [1.29, 1.82) is 0 Å². The zero-order chi connectivity index (χ0) is 27.5. The normalized spacial score (nSPS) is 12.8. The number of carbonyl (C=O) groups excluding carboxylic acids is 1. The lowest BCUT2D eigenvalue weighted by Gasteiger charge is -2.28. The number of ether oxygens (including phenoxy) is 1. The average Bonchev–Trinajstić information content (AvgIpc) is 3.38. The van der Waals surface area contributed by atoms with E-state index < -0.39 is 25.7 Å². The molecule has 0 aliphatic rings. The minimum atomic E-state index is -4.49. The highest BCUT2D eigenvalue weighted by Crippen LogP contribution is 2.41. The monoisotopic (exact) mass is 538 g/mol. The lowest BCUT2D eigenvalue weighted by molar-refractivity contribution is -0.137. The lowest BCUT2D eigenvalue weighted by Crippen LogP contribution is -2.52. The summed E-state index contributed by atoms with van der Waals surface area (Å²) < 4.78 is 47.0. The molecule has 0 aliphatic heterocycles. The van der Waals surface area contributed by atoms with Crippen molar-refractivity contribution in [3.05, 3.63) is 84.2 Å². The largest absolute Gasteiger partial charge is 0.417 e. The minimum Gasteiger partial charge on any atom is -0.362 e. The summed E-state index contributed by atoms with van der Waals surface area (Å²) >= 11 is 0. The van der Waals surface area contributed by atoms with Crippen LogP contribution < -0.4 is 5.32 Å². The summed E-state index contributed by atoms with van der Waals surface area (Å²) in [6, 6.07) is 19.7. The van der Waals surface area contributed by atoms with E-state index in [1.165, 1.54) is 12.1 Å². The summed E-state index contributed by atoms with van der Waals surface area (Å²) in [7, 11) is -1.85. The number of rotatable bonds is 8. The van der Waals surface area contributed by atoms with Crippen LogP contribution >= 0.6 is 0 Å². The molecule has 10 heteroatoms. The average molecular weight is 539 g/mol. The molecule has 1 amide bonds. The van der Waals surface area contributed by atoms with E-state index in [-0.39, 0.29) is 17.2 Å². The Morgan fingerprint density at radius 1 is 0.947 bits per heavy atom. The van der Waals surface area contributed by atoms with E-state index in [9.17, 15) is 18.0 Å². The molecule has 4 aromatic rings. The second-order valence-corrected chi connectivity index (χ2v) is 15.1. The van der Waals surface area contributed by atoms with E-state index in [0.717, 1.165) is 6.07 Å². The molecular weight excluding hydrogens is 509 g/mol. The molecule has 0 saturated carbocycles. The van der Waals surface area contributed by atoms with Crippen molar-refractivity contribution >= 4 is 14.0 Å². The van der Waals surface area contributed by atoms with Crippen LogP contribution in [-0.4, -0.2) is 41.6 Å². The fraction of sp³-hybridized carbons (Fsp3) is 0.250. The Morgan fingerprint density at radius 3 is 2.24 bits per heavy atom. The maximum Gasteiger partial charge on any atom is 0.417 e. The van der Waals surface area contributed by atoms with E-state index in [2.05, 4.69) is 40.1 Å². The third kappa shape index (κ3) is 6.03. The predicted molar refractivity (Wildman–Crippen MR) is 144 cm³/mol. The topological polar surface area (TPSA) is 79.9 Å². The zero-order valence-electron chi connectivity index (χ0n) is 21.6. The van der Waals surface area contributed by atoms with Gasteiger partial charge in [-0.25, -0.2) is 4.98 Å². The molecule has 0 saturated heterocycles.